The highest BCUT2D eigenvalue weighted by molar-refractivity contribution is 7.22. The SMILES string of the molecule is COc1cc(C)cc2cc(-c3cc(COCCN)n4ncnc(N)c34)sc12. The van der Waals surface area contributed by atoms with Crippen molar-refractivity contribution in [2.45, 2.75) is 13.5 Å². The highest BCUT2D eigenvalue weighted by Crippen LogP contribution is 2.42. The van der Waals surface area contributed by atoms with E-state index in [1.165, 1.54) is 6.33 Å². The zero-order chi connectivity index (χ0) is 19.0. The van der Waals surface area contributed by atoms with Crippen LogP contribution in [0.3, 0.4) is 0 Å². The Balaban J connectivity index is 1.89. The van der Waals surface area contributed by atoms with Crippen LogP contribution in [0.2, 0.25) is 0 Å². The van der Waals surface area contributed by atoms with Crippen LogP contribution >= 0.6 is 11.3 Å². The van der Waals surface area contributed by atoms with Crippen molar-refractivity contribution in [3.05, 3.63) is 41.9 Å². The molecule has 0 aliphatic carbocycles. The molecule has 8 heteroatoms. The molecule has 140 valence electrons. The lowest BCUT2D eigenvalue weighted by Gasteiger charge is -2.03. The largest absolute Gasteiger partial charge is 0.495 e. The Labute approximate surface area is 160 Å². The van der Waals surface area contributed by atoms with Crippen LogP contribution in [0.25, 0.3) is 26.0 Å². The molecule has 0 atom stereocenters. The zero-order valence-electron chi connectivity index (χ0n) is 15.2. The minimum absolute atomic E-state index is 0.405. The van der Waals surface area contributed by atoms with Crippen molar-refractivity contribution in [2.75, 3.05) is 26.0 Å². The molecule has 4 aromatic rings. The highest BCUT2D eigenvalue weighted by atomic mass is 32.1. The van der Waals surface area contributed by atoms with Crippen LogP contribution in [-0.2, 0) is 11.3 Å². The first-order valence-electron chi connectivity index (χ1n) is 8.60. The van der Waals surface area contributed by atoms with Gasteiger partial charge in [-0.2, -0.15) is 5.10 Å². The monoisotopic (exact) mass is 383 g/mol. The predicted octanol–water partition coefficient (Wildman–Crippen LogP) is 2.99. The Morgan fingerprint density at radius 1 is 1.22 bits per heavy atom. The number of aromatic nitrogens is 3. The van der Waals surface area contributed by atoms with Gasteiger partial charge in [0.15, 0.2) is 5.82 Å². The van der Waals surface area contributed by atoms with Crippen LogP contribution in [-0.4, -0.2) is 34.9 Å². The first-order chi connectivity index (χ1) is 13.1. The van der Waals surface area contributed by atoms with E-state index in [1.54, 1.807) is 23.0 Å². The second kappa shape index (κ2) is 7.15. The Bertz CT molecular complexity index is 1120. The topological polar surface area (TPSA) is 101 Å². The summed E-state index contributed by atoms with van der Waals surface area (Å²) in [5.41, 5.74) is 15.5. The molecular formula is C19H21N5O2S. The van der Waals surface area contributed by atoms with Gasteiger partial charge in [-0.1, -0.05) is 6.07 Å². The van der Waals surface area contributed by atoms with Crippen LogP contribution in [0.4, 0.5) is 5.82 Å². The first-order valence-corrected chi connectivity index (χ1v) is 9.41. The van der Waals surface area contributed by atoms with E-state index in [9.17, 15) is 0 Å². The van der Waals surface area contributed by atoms with E-state index in [0.29, 0.717) is 25.6 Å². The Kier molecular flexibility index (Phi) is 4.69. The molecule has 0 saturated heterocycles. The van der Waals surface area contributed by atoms with Crippen LogP contribution in [0, 0.1) is 6.92 Å². The number of fused-ring (bicyclic) bond motifs is 2. The smallest absolute Gasteiger partial charge is 0.152 e. The molecular weight excluding hydrogens is 362 g/mol. The van der Waals surface area contributed by atoms with E-state index in [0.717, 1.165) is 43.1 Å². The maximum Gasteiger partial charge on any atom is 0.152 e. The van der Waals surface area contributed by atoms with Gasteiger partial charge in [-0.15, -0.1) is 11.3 Å². The molecule has 27 heavy (non-hydrogen) atoms. The number of ether oxygens (including phenoxy) is 2. The van der Waals surface area contributed by atoms with Crippen molar-refractivity contribution in [2.24, 2.45) is 5.73 Å². The molecule has 3 aromatic heterocycles. The lowest BCUT2D eigenvalue weighted by molar-refractivity contribution is 0.124. The molecule has 0 saturated carbocycles. The van der Waals surface area contributed by atoms with Crippen molar-refractivity contribution in [3.8, 4) is 16.2 Å². The average Bonchev–Trinajstić information content (AvgIpc) is 3.23. The summed E-state index contributed by atoms with van der Waals surface area (Å²) in [6, 6.07) is 8.41. The van der Waals surface area contributed by atoms with Gasteiger partial charge in [0.05, 0.1) is 30.7 Å². The molecule has 4 N–H and O–H groups in total. The number of nitrogen functional groups attached to an aromatic ring is 1. The molecule has 3 heterocycles. The molecule has 4 rings (SSSR count). The van der Waals surface area contributed by atoms with Gasteiger partial charge in [0.25, 0.3) is 0 Å². The second-order valence-electron chi connectivity index (χ2n) is 6.29. The van der Waals surface area contributed by atoms with E-state index in [1.807, 2.05) is 6.07 Å². The number of hydrogen-bond donors (Lipinski definition) is 2. The highest BCUT2D eigenvalue weighted by Gasteiger charge is 2.18. The second-order valence-corrected chi connectivity index (χ2v) is 7.34. The average molecular weight is 383 g/mol. The number of benzene rings is 1. The molecule has 1 aromatic carbocycles. The van der Waals surface area contributed by atoms with Crippen molar-refractivity contribution in [1.29, 1.82) is 0 Å². The number of anilines is 1. The fourth-order valence-electron chi connectivity index (χ4n) is 3.23. The van der Waals surface area contributed by atoms with Gasteiger partial charge >= 0.3 is 0 Å². The molecule has 7 nitrogen and oxygen atoms in total. The fraction of sp³-hybridized carbons (Fsp3) is 0.263. The molecule has 0 radical (unpaired) electrons. The number of nitrogens with two attached hydrogens (primary N) is 2. The summed E-state index contributed by atoms with van der Waals surface area (Å²) in [6.07, 6.45) is 1.45. The molecule has 0 aliphatic heterocycles. The molecule has 0 aliphatic rings. The summed E-state index contributed by atoms with van der Waals surface area (Å²) in [4.78, 5) is 5.25. The number of hydrogen-bond acceptors (Lipinski definition) is 7. The normalized spacial score (nSPS) is 11.5. The summed E-state index contributed by atoms with van der Waals surface area (Å²) >= 11 is 1.67. The summed E-state index contributed by atoms with van der Waals surface area (Å²) in [7, 11) is 1.69. The first kappa shape index (κ1) is 17.7. The third-order valence-corrected chi connectivity index (χ3v) is 5.58. The number of methoxy groups -OCH3 is 1. The van der Waals surface area contributed by atoms with E-state index >= 15 is 0 Å². The number of aryl methyl sites for hydroxylation is 1. The maximum atomic E-state index is 6.18. The van der Waals surface area contributed by atoms with Gasteiger partial charge < -0.3 is 20.9 Å². The number of thiophene rings is 1. The van der Waals surface area contributed by atoms with Crippen molar-refractivity contribution in [1.82, 2.24) is 14.6 Å². The number of nitrogens with zero attached hydrogens (tertiary/aromatic N) is 3. The quantitative estimate of drug-likeness (QED) is 0.497. The lowest BCUT2D eigenvalue weighted by atomic mass is 10.1. The van der Waals surface area contributed by atoms with Gasteiger partial charge in [0.2, 0.25) is 0 Å². The third-order valence-electron chi connectivity index (χ3n) is 4.38. The van der Waals surface area contributed by atoms with E-state index in [-0.39, 0.29) is 0 Å². The number of rotatable bonds is 6. The molecule has 0 fully saturated rings. The van der Waals surface area contributed by atoms with E-state index < -0.39 is 0 Å². The van der Waals surface area contributed by atoms with Gasteiger partial charge in [0, 0.05) is 17.0 Å². The lowest BCUT2D eigenvalue weighted by Crippen LogP contribution is -2.09. The molecule has 0 bridgehead atoms. The van der Waals surface area contributed by atoms with Gasteiger partial charge in [-0.05, 0) is 36.1 Å². The predicted molar refractivity (Wildman–Crippen MR) is 108 cm³/mol. The fourth-order valence-corrected chi connectivity index (χ4v) is 4.38. The third kappa shape index (κ3) is 3.12. The standard InChI is InChI=1S/C19H21N5O2S/c1-11-5-12-7-16(27-18(12)15(6-11)25-2)14-8-13(9-26-4-3-20)24-17(14)19(21)22-10-23-24/h5-8,10H,3-4,9,20H2,1-2H3,(H2,21,22,23). The summed E-state index contributed by atoms with van der Waals surface area (Å²) in [6.45, 7) is 3.43. The summed E-state index contributed by atoms with van der Waals surface area (Å²) in [5, 5.41) is 5.50. The Hall–Kier alpha value is -2.68. The van der Waals surface area contributed by atoms with Gasteiger partial charge in [-0.3, -0.25) is 0 Å². The van der Waals surface area contributed by atoms with Crippen molar-refractivity contribution < 1.29 is 9.47 Å². The van der Waals surface area contributed by atoms with Gasteiger partial charge in [-0.25, -0.2) is 9.50 Å². The summed E-state index contributed by atoms with van der Waals surface area (Å²) < 4.78 is 14.1. The van der Waals surface area contributed by atoms with Crippen molar-refractivity contribution >= 4 is 32.8 Å². The van der Waals surface area contributed by atoms with Crippen LogP contribution in [0.1, 0.15) is 11.3 Å². The van der Waals surface area contributed by atoms with Crippen LogP contribution in [0.5, 0.6) is 5.75 Å². The molecule has 0 spiro atoms. The Morgan fingerprint density at radius 2 is 2.07 bits per heavy atom. The zero-order valence-corrected chi connectivity index (χ0v) is 16.0. The van der Waals surface area contributed by atoms with Crippen molar-refractivity contribution in [3.63, 3.8) is 0 Å². The minimum atomic E-state index is 0.405. The molecule has 0 unspecified atom stereocenters. The molecule has 0 amide bonds. The Morgan fingerprint density at radius 3 is 2.85 bits per heavy atom. The summed E-state index contributed by atoms with van der Waals surface area (Å²) in [5.74, 6) is 1.31. The minimum Gasteiger partial charge on any atom is -0.495 e. The maximum absolute atomic E-state index is 6.18. The van der Waals surface area contributed by atoms with Gasteiger partial charge in [0.1, 0.15) is 17.6 Å². The van der Waals surface area contributed by atoms with Crippen LogP contribution < -0.4 is 16.2 Å². The van der Waals surface area contributed by atoms with E-state index in [2.05, 4.69) is 35.2 Å². The van der Waals surface area contributed by atoms with Crippen LogP contribution in [0.15, 0.2) is 30.6 Å². The van der Waals surface area contributed by atoms with E-state index in [4.69, 9.17) is 20.9 Å².